The third-order valence-corrected chi connectivity index (χ3v) is 2.50. The molecule has 60 valence electrons. The summed E-state index contributed by atoms with van der Waals surface area (Å²) >= 11 is 0. The van der Waals surface area contributed by atoms with E-state index in [1.165, 1.54) is 19.3 Å². The molecule has 0 spiro atoms. The minimum Gasteiger partial charge on any atom is -0.328 e. The van der Waals surface area contributed by atoms with Gasteiger partial charge in [0, 0.05) is 12.1 Å². The van der Waals surface area contributed by atoms with E-state index >= 15 is 0 Å². The third kappa shape index (κ3) is 1.96. The Morgan fingerprint density at radius 2 is 2.10 bits per heavy atom. The first-order chi connectivity index (χ1) is 4.70. The van der Waals surface area contributed by atoms with Crippen LogP contribution in [0.4, 0.5) is 0 Å². The van der Waals surface area contributed by atoms with E-state index in [0.29, 0.717) is 18.0 Å². The van der Waals surface area contributed by atoms with Gasteiger partial charge in [-0.2, -0.15) is 0 Å². The largest absolute Gasteiger partial charge is 0.328 e. The van der Waals surface area contributed by atoms with Gasteiger partial charge in [-0.15, -0.1) is 0 Å². The van der Waals surface area contributed by atoms with Crippen LogP contribution < -0.4 is 11.5 Å². The van der Waals surface area contributed by atoms with Crippen LogP contribution in [0.2, 0.25) is 0 Å². The minimum atomic E-state index is 0.339. The van der Waals surface area contributed by atoms with E-state index in [2.05, 4.69) is 6.92 Å². The summed E-state index contributed by atoms with van der Waals surface area (Å²) in [6.07, 6.45) is 4.89. The fourth-order valence-electron chi connectivity index (χ4n) is 1.74. The maximum atomic E-state index is 5.81. The molecule has 0 aromatic heterocycles. The summed E-state index contributed by atoms with van der Waals surface area (Å²) in [6, 6.07) is 0.760. The maximum absolute atomic E-state index is 5.81. The van der Waals surface area contributed by atoms with E-state index in [1.807, 2.05) is 0 Å². The van der Waals surface area contributed by atoms with Crippen LogP contribution in [0.25, 0.3) is 0 Å². The Kier molecular flexibility index (Phi) is 2.69. The van der Waals surface area contributed by atoms with Crippen LogP contribution >= 0.6 is 0 Å². The highest BCUT2D eigenvalue weighted by molar-refractivity contribution is 4.79. The highest BCUT2D eigenvalue weighted by Gasteiger charge is 2.21. The quantitative estimate of drug-likeness (QED) is 0.570. The second-order valence-electron chi connectivity index (χ2n) is 3.55. The Morgan fingerprint density at radius 1 is 1.40 bits per heavy atom. The van der Waals surface area contributed by atoms with Gasteiger partial charge < -0.3 is 11.5 Å². The SMILES string of the molecule is CC(N)C1CCCC(N)C1. The van der Waals surface area contributed by atoms with E-state index in [4.69, 9.17) is 11.5 Å². The molecule has 3 atom stereocenters. The molecule has 1 rings (SSSR count). The lowest BCUT2D eigenvalue weighted by atomic mass is 9.82. The molecule has 0 heterocycles. The van der Waals surface area contributed by atoms with Crippen LogP contribution in [0.1, 0.15) is 32.6 Å². The van der Waals surface area contributed by atoms with Crippen molar-refractivity contribution in [2.24, 2.45) is 17.4 Å². The van der Waals surface area contributed by atoms with Crippen LogP contribution in [-0.4, -0.2) is 12.1 Å². The summed E-state index contributed by atoms with van der Waals surface area (Å²) in [5, 5.41) is 0. The van der Waals surface area contributed by atoms with Crippen LogP contribution in [-0.2, 0) is 0 Å². The second kappa shape index (κ2) is 3.35. The maximum Gasteiger partial charge on any atom is 0.00420 e. The highest BCUT2D eigenvalue weighted by Crippen LogP contribution is 2.24. The van der Waals surface area contributed by atoms with Gasteiger partial charge in [0.05, 0.1) is 0 Å². The Bertz CT molecular complexity index is 101. The van der Waals surface area contributed by atoms with Gasteiger partial charge in [0.1, 0.15) is 0 Å². The molecular formula is C8H18N2. The number of hydrogen-bond acceptors (Lipinski definition) is 2. The fraction of sp³-hybridized carbons (Fsp3) is 1.00. The van der Waals surface area contributed by atoms with E-state index in [9.17, 15) is 0 Å². The van der Waals surface area contributed by atoms with Crippen molar-refractivity contribution in [3.63, 3.8) is 0 Å². The van der Waals surface area contributed by atoms with Gasteiger partial charge in [-0.3, -0.25) is 0 Å². The molecule has 0 aromatic rings. The normalized spacial score (nSPS) is 37.5. The lowest BCUT2D eigenvalue weighted by molar-refractivity contribution is 0.288. The van der Waals surface area contributed by atoms with Gasteiger partial charge in [0.25, 0.3) is 0 Å². The molecule has 0 amide bonds. The summed E-state index contributed by atoms with van der Waals surface area (Å²) in [5.41, 5.74) is 11.6. The van der Waals surface area contributed by atoms with Crippen molar-refractivity contribution in [3.05, 3.63) is 0 Å². The molecule has 4 N–H and O–H groups in total. The van der Waals surface area contributed by atoms with Gasteiger partial charge >= 0.3 is 0 Å². The van der Waals surface area contributed by atoms with Crippen molar-refractivity contribution in [2.75, 3.05) is 0 Å². The molecule has 10 heavy (non-hydrogen) atoms. The molecule has 0 radical (unpaired) electrons. The second-order valence-corrected chi connectivity index (χ2v) is 3.55. The lowest BCUT2D eigenvalue weighted by Crippen LogP contribution is -2.36. The van der Waals surface area contributed by atoms with Crippen molar-refractivity contribution in [2.45, 2.75) is 44.7 Å². The molecule has 2 nitrogen and oxygen atoms in total. The first-order valence-corrected chi connectivity index (χ1v) is 4.21. The zero-order valence-electron chi connectivity index (χ0n) is 6.72. The Labute approximate surface area is 63.0 Å². The molecule has 1 saturated carbocycles. The van der Waals surface area contributed by atoms with Crippen molar-refractivity contribution in [1.29, 1.82) is 0 Å². The fourth-order valence-corrected chi connectivity index (χ4v) is 1.74. The van der Waals surface area contributed by atoms with E-state index < -0.39 is 0 Å². The molecule has 2 heteroatoms. The molecular weight excluding hydrogens is 124 g/mol. The number of nitrogens with two attached hydrogens (primary N) is 2. The third-order valence-electron chi connectivity index (χ3n) is 2.50. The standard InChI is InChI=1S/C8H18N2/c1-6(9)7-3-2-4-8(10)5-7/h6-8H,2-5,9-10H2,1H3. The minimum absolute atomic E-state index is 0.339. The van der Waals surface area contributed by atoms with Crippen molar-refractivity contribution < 1.29 is 0 Å². The average molecular weight is 142 g/mol. The summed E-state index contributed by atoms with van der Waals surface area (Å²) in [4.78, 5) is 0. The zero-order chi connectivity index (χ0) is 7.56. The molecule has 0 bridgehead atoms. The van der Waals surface area contributed by atoms with Crippen LogP contribution in [0.15, 0.2) is 0 Å². The van der Waals surface area contributed by atoms with Gasteiger partial charge in [0.2, 0.25) is 0 Å². The summed E-state index contributed by atoms with van der Waals surface area (Å²) in [7, 11) is 0. The zero-order valence-corrected chi connectivity index (χ0v) is 6.72. The summed E-state index contributed by atoms with van der Waals surface area (Å²) in [6.45, 7) is 2.09. The van der Waals surface area contributed by atoms with Gasteiger partial charge in [0.15, 0.2) is 0 Å². The van der Waals surface area contributed by atoms with Crippen molar-refractivity contribution >= 4 is 0 Å². The first-order valence-electron chi connectivity index (χ1n) is 4.21. The molecule has 0 aromatic carbocycles. The molecule has 3 unspecified atom stereocenters. The Hall–Kier alpha value is -0.0800. The molecule has 1 fully saturated rings. The lowest BCUT2D eigenvalue weighted by Gasteiger charge is -2.28. The predicted molar refractivity (Wildman–Crippen MR) is 43.6 cm³/mol. The van der Waals surface area contributed by atoms with Gasteiger partial charge in [-0.1, -0.05) is 6.42 Å². The summed E-state index contributed by atoms with van der Waals surface area (Å²) in [5.74, 6) is 0.684. The number of rotatable bonds is 1. The Balaban J connectivity index is 2.32. The van der Waals surface area contributed by atoms with Crippen LogP contribution in [0.3, 0.4) is 0 Å². The smallest absolute Gasteiger partial charge is 0.00420 e. The highest BCUT2D eigenvalue weighted by atomic mass is 14.7. The molecule has 1 aliphatic carbocycles. The predicted octanol–water partition coefficient (Wildman–Crippen LogP) is 0.851. The first kappa shape index (κ1) is 8.02. The van der Waals surface area contributed by atoms with Crippen LogP contribution in [0, 0.1) is 5.92 Å². The van der Waals surface area contributed by atoms with E-state index in [0.717, 1.165) is 6.42 Å². The number of hydrogen-bond donors (Lipinski definition) is 2. The monoisotopic (exact) mass is 142 g/mol. The van der Waals surface area contributed by atoms with Gasteiger partial charge in [-0.05, 0) is 32.1 Å². The van der Waals surface area contributed by atoms with E-state index in [-0.39, 0.29) is 0 Å². The molecule has 1 aliphatic rings. The van der Waals surface area contributed by atoms with Gasteiger partial charge in [-0.25, -0.2) is 0 Å². The van der Waals surface area contributed by atoms with Crippen molar-refractivity contribution in [3.8, 4) is 0 Å². The molecule has 0 aliphatic heterocycles. The average Bonchev–Trinajstić information content (AvgIpc) is 1.88. The summed E-state index contributed by atoms with van der Waals surface area (Å²) < 4.78 is 0. The topological polar surface area (TPSA) is 52.0 Å². The van der Waals surface area contributed by atoms with Crippen molar-refractivity contribution in [1.82, 2.24) is 0 Å². The van der Waals surface area contributed by atoms with Crippen LogP contribution in [0.5, 0.6) is 0 Å². The molecule has 0 saturated heterocycles. The van der Waals surface area contributed by atoms with E-state index in [1.54, 1.807) is 0 Å². The Morgan fingerprint density at radius 3 is 2.50 bits per heavy atom.